The molecule has 0 radical (unpaired) electrons. The number of para-hydroxylation sites is 1. The summed E-state index contributed by atoms with van der Waals surface area (Å²) in [5, 5.41) is 13.2. The van der Waals surface area contributed by atoms with Crippen LogP contribution in [0.3, 0.4) is 0 Å². The van der Waals surface area contributed by atoms with E-state index < -0.39 is 0 Å². The average molecular weight is 244 g/mol. The molecule has 3 aromatic rings. The molecule has 2 aromatic heterocycles. The van der Waals surface area contributed by atoms with E-state index in [9.17, 15) is 0 Å². The van der Waals surface area contributed by atoms with Crippen LogP contribution in [0, 0.1) is 0 Å². The van der Waals surface area contributed by atoms with Crippen molar-refractivity contribution in [1.29, 1.82) is 0 Å². The summed E-state index contributed by atoms with van der Waals surface area (Å²) in [6, 6.07) is 6.19. The van der Waals surface area contributed by atoms with Crippen LogP contribution in [0.25, 0.3) is 15.5 Å². The van der Waals surface area contributed by atoms with Gasteiger partial charge in [0.2, 0.25) is 4.96 Å². The molecule has 0 atom stereocenters. The van der Waals surface area contributed by atoms with Gasteiger partial charge in [0.15, 0.2) is 5.01 Å². The minimum absolute atomic E-state index is 0.760. The third-order valence-corrected chi connectivity index (χ3v) is 3.78. The van der Waals surface area contributed by atoms with E-state index in [-0.39, 0.29) is 0 Å². The zero-order chi connectivity index (χ0) is 11.2. The Balaban J connectivity index is 1.95. The van der Waals surface area contributed by atoms with Gasteiger partial charge in [0, 0.05) is 6.42 Å². The van der Waals surface area contributed by atoms with Gasteiger partial charge in [-0.05, 0) is 11.6 Å². The molecule has 4 rings (SSSR count). The first-order valence-electron chi connectivity index (χ1n) is 5.34. The van der Waals surface area contributed by atoms with Crippen molar-refractivity contribution in [2.24, 2.45) is 0 Å². The van der Waals surface area contributed by atoms with Gasteiger partial charge in [0.1, 0.15) is 12.1 Å². The molecule has 84 valence electrons. The average Bonchev–Trinajstić information content (AvgIpc) is 3.02. The normalized spacial score (nSPS) is 13.9. The molecule has 0 fully saturated rings. The van der Waals surface area contributed by atoms with Gasteiger partial charge in [-0.15, -0.1) is 10.2 Å². The van der Waals surface area contributed by atoms with Crippen LogP contribution in [0.5, 0.6) is 5.75 Å². The van der Waals surface area contributed by atoms with Gasteiger partial charge in [0.25, 0.3) is 0 Å². The lowest BCUT2D eigenvalue weighted by Crippen LogP contribution is -1.89. The number of fused-ring (bicyclic) bond motifs is 2. The zero-order valence-corrected chi connectivity index (χ0v) is 9.65. The fourth-order valence-corrected chi connectivity index (χ4v) is 2.89. The predicted octanol–water partition coefficient (Wildman–Crippen LogP) is 1.79. The van der Waals surface area contributed by atoms with E-state index in [1.165, 1.54) is 16.9 Å². The van der Waals surface area contributed by atoms with Gasteiger partial charge in [-0.2, -0.15) is 9.61 Å². The fraction of sp³-hybridized carbons (Fsp3) is 0.182. The monoisotopic (exact) mass is 244 g/mol. The molecule has 1 aliphatic rings. The highest BCUT2D eigenvalue weighted by atomic mass is 32.1. The summed E-state index contributed by atoms with van der Waals surface area (Å²) in [5.41, 5.74) is 2.31. The summed E-state index contributed by atoms with van der Waals surface area (Å²) < 4.78 is 7.37. The van der Waals surface area contributed by atoms with E-state index in [1.54, 1.807) is 10.8 Å². The summed E-state index contributed by atoms with van der Waals surface area (Å²) in [6.07, 6.45) is 2.59. The summed E-state index contributed by atoms with van der Waals surface area (Å²) in [7, 11) is 0. The topological polar surface area (TPSA) is 52.3 Å². The van der Waals surface area contributed by atoms with Crippen LogP contribution >= 0.6 is 11.3 Å². The van der Waals surface area contributed by atoms with Crippen molar-refractivity contribution in [1.82, 2.24) is 19.8 Å². The summed E-state index contributed by atoms with van der Waals surface area (Å²) in [6.45, 7) is 0.760. The van der Waals surface area contributed by atoms with Gasteiger partial charge in [-0.1, -0.05) is 23.5 Å². The number of nitrogens with zero attached hydrogens (tertiary/aromatic N) is 4. The molecule has 0 saturated heterocycles. The Bertz CT molecular complexity index is 674. The SMILES string of the molecule is c1cc2c(c(-c3nn4cnnc4s3)c1)OCC2. The Morgan fingerprint density at radius 2 is 2.35 bits per heavy atom. The molecule has 1 aromatic carbocycles. The van der Waals surface area contributed by atoms with Crippen LogP contribution in [-0.4, -0.2) is 26.4 Å². The maximum atomic E-state index is 5.68. The zero-order valence-electron chi connectivity index (χ0n) is 8.83. The number of benzene rings is 1. The smallest absolute Gasteiger partial charge is 0.234 e. The van der Waals surface area contributed by atoms with Crippen molar-refractivity contribution >= 4 is 16.3 Å². The molecular weight excluding hydrogens is 236 g/mol. The van der Waals surface area contributed by atoms with Gasteiger partial charge in [-0.3, -0.25) is 0 Å². The standard InChI is InChI=1S/C11H8N4OS/c1-2-7-4-5-16-9(7)8(3-1)10-14-15-6-12-13-11(15)17-10/h1-3,6H,4-5H2. The van der Waals surface area contributed by atoms with Gasteiger partial charge in [0.05, 0.1) is 12.2 Å². The minimum Gasteiger partial charge on any atom is -0.492 e. The summed E-state index contributed by atoms with van der Waals surface area (Å²) in [4.78, 5) is 0.801. The van der Waals surface area contributed by atoms with Gasteiger partial charge >= 0.3 is 0 Å². The Hall–Kier alpha value is -1.95. The van der Waals surface area contributed by atoms with E-state index in [0.717, 1.165) is 34.3 Å². The number of rotatable bonds is 1. The van der Waals surface area contributed by atoms with Crippen LogP contribution < -0.4 is 4.74 Å². The molecule has 5 nitrogen and oxygen atoms in total. The van der Waals surface area contributed by atoms with Crippen molar-refractivity contribution in [3.8, 4) is 16.3 Å². The lowest BCUT2D eigenvalue weighted by atomic mass is 10.1. The van der Waals surface area contributed by atoms with Crippen LogP contribution in [0.15, 0.2) is 24.5 Å². The lowest BCUT2D eigenvalue weighted by molar-refractivity contribution is 0.358. The van der Waals surface area contributed by atoms with Crippen LogP contribution in [0.2, 0.25) is 0 Å². The largest absolute Gasteiger partial charge is 0.492 e. The molecule has 3 heterocycles. The van der Waals surface area contributed by atoms with Crippen molar-refractivity contribution in [3.63, 3.8) is 0 Å². The molecule has 0 saturated carbocycles. The molecule has 0 unspecified atom stereocenters. The van der Waals surface area contributed by atoms with E-state index in [2.05, 4.69) is 21.4 Å². The van der Waals surface area contributed by atoms with Gasteiger partial charge in [-0.25, -0.2) is 0 Å². The minimum atomic E-state index is 0.760. The molecular formula is C11H8N4OS. The fourth-order valence-electron chi connectivity index (χ4n) is 2.05. The Morgan fingerprint density at radius 1 is 1.35 bits per heavy atom. The Morgan fingerprint density at radius 3 is 3.29 bits per heavy atom. The van der Waals surface area contributed by atoms with Crippen molar-refractivity contribution in [2.45, 2.75) is 6.42 Å². The molecule has 17 heavy (non-hydrogen) atoms. The highest BCUT2D eigenvalue weighted by Gasteiger charge is 2.19. The maximum absolute atomic E-state index is 5.68. The first kappa shape index (κ1) is 9.12. The molecule has 0 aliphatic carbocycles. The number of hydrogen-bond donors (Lipinski definition) is 0. The number of aromatic nitrogens is 4. The van der Waals surface area contributed by atoms with E-state index in [1.807, 2.05) is 12.1 Å². The van der Waals surface area contributed by atoms with E-state index in [4.69, 9.17) is 4.74 Å². The highest BCUT2D eigenvalue weighted by molar-refractivity contribution is 7.19. The number of hydrogen-bond acceptors (Lipinski definition) is 5. The van der Waals surface area contributed by atoms with Crippen LogP contribution in [0.1, 0.15) is 5.56 Å². The first-order valence-corrected chi connectivity index (χ1v) is 6.15. The summed E-state index contributed by atoms with van der Waals surface area (Å²) in [5.74, 6) is 0.970. The third kappa shape index (κ3) is 1.27. The molecule has 6 heteroatoms. The Labute approximate surface area is 101 Å². The van der Waals surface area contributed by atoms with Gasteiger partial charge < -0.3 is 4.74 Å². The second kappa shape index (κ2) is 3.27. The maximum Gasteiger partial charge on any atom is 0.234 e. The van der Waals surface area contributed by atoms with Crippen molar-refractivity contribution in [3.05, 3.63) is 30.1 Å². The van der Waals surface area contributed by atoms with E-state index >= 15 is 0 Å². The predicted molar refractivity (Wildman–Crippen MR) is 63.3 cm³/mol. The molecule has 0 spiro atoms. The van der Waals surface area contributed by atoms with Crippen LogP contribution in [-0.2, 0) is 6.42 Å². The van der Waals surface area contributed by atoms with Crippen LogP contribution in [0.4, 0.5) is 0 Å². The van der Waals surface area contributed by atoms with Crippen molar-refractivity contribution < 1.29 is 4.74 Å². The highest BCUT2D eigenvalue weighted by Crippen LogP contribution is 2.38. The molecule has 0 bridgehead atoms. The first-order chi connectivity index (χ1) is 8.42. The molecule has 0 N–H and O–H groups in total. The second-order valence-electron chi connectivity index (χ2n) is 3.86. The van der Waals surface area contributed by atoms with E-state index in [0.29, 0.717) is 0 Å². The Kier molecular flexibility index (Phi) is 1.75. The molecule has 0 amide bonds. The quantitative estimate of drug-likeness (QED) is 0.655. The second-order valence-corrected chi connectivity index (χ2v) is 4.81. The van der Waals surface area contributed by atoms with Crippen molar-refractivity contribution in [2.75, 3.05) is 6.61 Å². The lowest BCUT2D eigenvalue weighted by Gasteiger charge is -2.03. The third-order valence-electron chi connectivity index (χ3n) is 2.83. The molecule has 1 aliphatic heterocycles. The number of ether oxygens (including phenoxy) is 1. The summed E-state index contributed by atoms with van der Waals surface area (Å²) >= 11 is 1.52.